The molecule has 6 nitrogen and oxygen atoms in total. The molecule has 1 saturated heterocycles. The highest BCUT2D eigenvalue weighted by molar-refractivity contribution is 6.29. The van der Waals surface area contributed by atoms with E-state index < -0.39 is 29.3 Å². The van der Waals surface area contributed by atoms with Crippen molar-refractivity contribution in [1.29, 1.82) is 0 Å². The lowest BCUT2D eigenvalue weighted by atomic mass is 9.72. The zero-order valence-electron chi connectivity index (χ0n) is 13.1. The quantitative estimate of drug-likeness (QED) is 0.808. The van der Waals surface area contributed by atoms with E-state index >= 15 is 0 Å². The normalized spacial score (nSPS) is 23.8. The summed E-state index contributed by atoms with van der Waals surface area (Å²) in [7, 11) is 0. The van der Waals surface area contributed by atoms with Crippen LogP contribution in [-0.4, -0.2) is 44.7 Å². The molecule has 1 unspecified atom stereocenters. The second kappa shape index (κ2) is 6.76. The largest absolute Gasteiger partial charge is 0.481 e. The molecule has 0 bridgehead atoms. The van der Waals surface area contributed by atoms with E-state index in [1.807, 2.05) is 0 Å². The summed E-state index contributed by atoms with van der Waals surface area (Å²) < 4.78 is 14.5. The van der Waals surface area contributed by atoms with Gasteiger partial charge in [-0.15, -0.1) is 0 Å². The van der Waals surface area contributed by atoms with E-state index in [0.717, 1.165) is 0 Å². The third kappa shape index (κ3) is 3.36. The van der Waals surface area contributed by atoms with E-state index in [4.69, 9.17) is 16.7 Å². The number of nitrogens with zero attached hydrogens (tertiary/aromatic N) is 2. The van der Waals surface area contributed by atoms with Gasteiger partial charge in [-0.2, -0.15) is 0 Å². The fourth-order valence-corrected chi connectivity index (χ4v) is 3.42. The monoisotopic (exact) mass is 356 g/mol. The van der Waals surface area contributed by atoms with Crippen LogP contribution in [0.1, 0.15) is 31.0 Å². The number of carboxylic acids is 1. The standard InChI is InChI=1S/C16H18ClFN2O4/c1-3-10-6-12(17)19-11(13(10)18)8-16(14(21)22)4-5-20(15(23)24)9(2)7-16/h3,6,9H,1,4-5,7-8H2,2H3,(H,21,22)(H,23,24)/t9-,16?/m1/s1. The van der Waals surface area contributed by atoms with Gasteiger partial charge in [0.05, 0.1) is 11.1 Å². The third-order valence-electron chi connectivity index (χ3n) is 4.50. The van der Waals surface area contributed by atoms with Crippen molar-refractivity contribution in [2.75, 3.05) is 6.54 Å². The molecule has 24 heavy (non-hydrogen) atoms. The van der Waals surface area contributed by atoms with Crippen LogP contribution >= 0.6 is 11.6 Å². The average molecular weight is 357 g/mol. The number of piperidine rings is 1. The lowest BCUT2D eigenvalue weighted by Gasteiger charge is -2.41. The van der Waals surface area contributed by atoms with E-state index in [1.165, 1.54) is 17.0 Å². The molecule has 2 rings (SSSR count). The molecule has 1 fully saturated rings. The van der Waals surface area contributed by atoms with E-state index in [-0.39, 0.29) is 42.2 Å². The predicted molar refractivity (Wildman–Crippen MR) is 86.5 cm³/mol. The first-order valence-corrected chi connectivity index (χ1v) is 7.78. The van der Waals surface area contributed by atoms with Gasteiger partial charge in [0.25, 0.3) is 0 Å². The van der Waals surface area contributed by atoms with Crippen molar-refractivity contribution in [2.45, 2.75) is 32.2 Å². The van der Waals surface area contributed by atoms with Crippen molar-refractivity contribution in [1.82, 2.24) is 9.88 Å². The zero-order chi connectivity index (χ0) is 18.1. The molecule has 0 saturated carbocycles. The molecule has 2 atom stereocenters. The molecule has 1 amide bonds. The smallest absolute Gasteiger partial charge is 0.407 e. The van der Waals surface area contributed by atoms with Crippen LogP contribution in [0.25, 0.3) is 6.08 Å². The predicted octanol–water partition coefficient (Wildman–Crippen LogP) is 3.29. The first kappa shape index (κ1) is 18.2. The third-order valence-corrected chi connectivity index (χ3v) is 4.69. The van der Waals surface area contributed by atoms with Crippen molar-refractivity contribution >= 4 is 29.7 Å². The molecule has 1 aromatic rings. The van der Waals surface area contributed by atoms with Gasteiger partial charge in [0, 0.05) is 24.6 Å². The van der Waals surface area contributed by atoms with Crippen LogP contribution in [0.5, 0.6) is 0 Å². The molecular formula is C16H18ClFN2O4. The number of hydrogen-bond acceptors (Lipinski definition) is 3. The summed E-state index contributed by atoms with van der Waals surface area (Å²) in [5.74, 6) is -1.75. The minimum atomic E-state index is -1.29. The summed E-state index contributed by atoms with van der Waals surface area (Å²) in [4.78, 5) is 28.2. The number of hydrogen-bond donors (Lipinski definition) is 2. The fourth-order valence-electron chi connectivity index (χ4n) is 3.20. The van der Waals surface area contributed by atoms with Crippen molar-refractivity contribution < 1.29 is 24.2 Å². The SMILES string of the molecule is C=Cc1cc(Cl)nc(CC2(C(=O)O)CCN(C(=O)O)[C@H](C)C2)c1F. The second-order valence-corrected chi connectivity index (χ2v) is 6.43. The molecule has 0 spiro atoms. The number of amides is 1. The Morgan fingerprint density at radius 2 is 2.25 bits per heavy atom. The first-order valence-electron chi connectivity index (χ1n) is 7.40. The van der Waals surface area contributed by atoms with Crippen LogP contribution in [0.4, 0.5) is 9.18 Å². The molecule has 0 radical (unpaired) electrons. The van der Waals surface area contributed by atoms with Gasteiger partial charge in [0.2, 0.25) is 0 Å². The molecule has 1 aliphatic heterocycles. The summed E-state index contributed by atoms with van der Waals surface area (Å²) in [6, 6.07) is 0.824. The summed E-state index contributed by atoms with van der Waals surface area (Å²) in [5.41, 5.74) is -1.18. The molecule has 1 aromatic heterocycles. The minimum Gasteiger partial charge on any atom is -0.481 e. The van der Waals surface area contributed by atoms with E-state index in [0.29, 0.717) is 0 Å². The number of aliphatic carboxylic acids is 1. The maximum atomic E-state index is 14.5. The highest BCUT2D eigenvalue weighted by Crippen LogP contribution is 2.39. The van der Waals surface area contributed by atoms with Gasteiger partial charge in [0.15, 0.2) is 5.82 Å². The fraction of sp³-hybridized carbons (Fsp3) is 0.438. The number of aromatic nitrogens is 1. The zero-order valence-corrected chi connectivity index (χ0v) is 13.9. The van der Waals surface area contributed by atoms with Gasteiger partial charge < -0.3 is 15.1 Å². The second-order valence-electron chi connectivity index (χ2n) is 6.04. The lowest BCUT2D eigenvalue weighted by Crippen LogP contribution is -2.51. The van der Waals surface area contributed by atoms with Crippen molar-refractivity contribution in [2.24, 2.45) is 5.41 Å². The van der Waals surface area contributed by atoms with Gasteiger partial charge in [0.1, 0.15) is 5.15 Å². The highest BCUT2D eigenvalue weighted by Gasteiger charge is 2.46. The number of carbonyl (C=O) groups is 2. The van der Waals surface area contributed by atoms with Gasteiger partial charge >= 0.3 is 12.1 Å². The van der Waals surface area contributed by atoms with E-state index in [1.54, 1.807) is 6.92 Å². The molecule has 130 valence electrons. The van der Waals surface area contributed by atoms with Crippen LogP contribution in [-0.2, 0) is 11.2 Å². The number of likely N-dealkylation sites (tertiary alicyclic amines) is 1. The Bertz CT molecular complexity index is 697. The molecule has 2 N–H and O–H groups in total. The van der Waals surface area contributed by atoms with Gasteiger partial charge in [-0.1, -0.05) is 24.3 Å². The number of carboxylic acid groups (broad SMARTS) is 2. The Hall–Kier alpha value is -2.15. The van der Waals surface area contributed by atoms with Crippen LogP contribution in [0.2, 0.25) is 5.15 Å². The summed E-state index contributed by atoms with van der Waals surface area (Å²) >= 11 is 5.88. The van der Waals surface area contributed by atoms with Crippen molar-refractivity contribution in [3.8, 4) is 0 Å². The molecular weight excluding hydrogens is 339 g/mol. The molecule has 0 aromatic carbocycles. The van der Waals surface area contributed by atoms with Crippen LogP contribution in [0.3, 0.4) is 0 Å². The van der Waals surface area contributed by atoms with Crippen molar-refractivity contribution in [3.63, 3.8) is 0 Å². The van der Waals surface area contributed by atoms with Crippen molar-refractivity contribution in [3.05, 3.63) is 34.9 Å². The minimum absolute atomic E-state index is 0.0456. The maximum absolute atomic E-state index is 14.5. The summed E-state index contributed by atoms with van der Waals surface area (Å²) in [6.07, 6.45) is 0.187. The molecule has 1 aliphatic rings. The Labute approximate surface area is 143 Å². The topological polar surface area (TPSA) is 90.7 Å². The average Bonchev–Trinajstić information content (AvgIpc) is 2.50. The molecule has 8 heteroatoms. The first-order chi connectivity index (χ1) is 11.2. The Balaban J connectivity index is 2.37. The summed E-state index contributed by atoms with van der Waals surface area (Å²) in [5, 5.41) is 18.9. The molecule has 2 heterocycles. The van der Waals surface area contributed by atoms with Gasteiger partial charge in [-0.25, -0.2) is 14.2 Å². The molecule has 0 aliphatic carbocycles. The highest BCUT2D eigenvalue weighted by atomic mass is 35.5. The Morgan fingerprint density at radius 3 is 2.75 bits per heavy atom. The van der Waals surface area contributed by atoms with Gasteiger partial charge in [-0.05, 0) is 25.8 Å². The van der Waals surface area contributed by atoms with Crippen LogP contribution in [0, 0.1) is 11.2 Å². The summed E-state index contributed by atoms with van der Waals surface area (Å²) in [6.45, 7) is 5.21. The van der Waals surface area contributed by atoms with Gasteiger partial charge in [-0.3, -0.25) is 4.79 Å². The van der Waals surface area contributed by atoms with E-state index in [2.05, 4.69) is 11.6 Å². The number of pyridine rings is 1. The van der Waals surface area contributed by atoms with E-state index in [9.17, 15) is 19.1 Å². The number of rotatable bonds is 4. The van der Waals surface area contributed by atoms with Crippen LogP contribution < -0.4 is 0 Å². The van der Waals surface area contributed by atoms with Crippen LogP contribution in [0.15, 0.2) is 12.6 Å². The lowest BCUT2D eigenvalue weighted by molar-refractivity contribution is -0.153. The Kier molecular flexibility index (Phi) is 5.13. The Morgan fingerprint density at radius 1 is 1.58 bits per heavy atom. The maximum Gasteiger partial charge on any atom is 0.407 e. The number of halogens is 2.